The Labute approximate surface area is 108 Å². The minimum absolute atomic E-state index is 0.169. The van der Waals surface area contributed by atoms with Crippen molar-refractivity contribution in [1.29, 1.82) is 0 Å². The number of rotatable bonds is 2. The Kier molecular flexibility index (Phi) is 3.71. The highest BCUT2D eigenvalue weighted by atomic mass is 16.2. The highest BCUT2D eigenvalue weighted by molar-refractivity contribution is 5.80. The molecule has 0 saturated carbocycles. The molecule has 5 nitrogen and oxygen atoms in total. The van der Waals surface area contributed by atoms with E-state index in [1.54, 1.807) is 0 Å². The fraction of sp³-hybridized carbons (Fsp3) is 0.692. The number of nitrogens with one attached hydrogen (secondary N) is 1. The van der Waals surface area contributed by atoms with E-state index >= 15 is 0 Å². The van der Waals surface area contributed by atoms with Crippen LogP contribution in [0.15, 0.2) is 0 Å². The van der Waals surface area contributed by atoms with Crippen LogP contribution in [0, 0.1) is 20.8 Å². The van der Waals surface area contributed by atoms with Gasteiger partial charge in [0, 0.05) is 31.9 Å². The summed E-state index contributed by atoms with van der Waals surface area (Å²) in [4.78, 5) is 14.3. The van der Waals surface area contributed by atoms with Crippen molar-refractivity contribution in [2.24, 2.45) is 0 Å². The van der Waals surface area contributed by atoms with E-state index in [9.17, 15) is 4.79 Å². The van der Waals surface area contributed by atoms with Gasteiger partial charge in [-0.1, -0.05) is 0 Å². The molecule has 2 heterocycles. The Morgan fingerprint density at radius 2 is 1.89 bits per heavy atom. The van der Waals surface area contributed by atoms with Gasteiger partial charge in [0.25, 0.3) is 0 Å². The normalized spacial score (nSPS) is 17.9. The Morgan fingerprint density at radius 1 is 1.28 bits per heavy atom. The van der Waals surface area contributed by atoms with Crippen LogP contribution in [0.2, 0.25) is 0 Å². The van der Waals surface area contributed by atoms with Crippen molar-refractivity contribution in [2.45, 2.75) is 33.7 Å². The summed E-state index contributed by atoms with van der Waals surface area (Å²) in [5.74, 6) is 0.169. The molecule has 1 aromatic heterocycles. The number of hydrogen-bond donors (Lipinski definition) is 1. The number of nitrogens with zero attached hydrogens (tertiary/aromatic N) is 3. The minimum atomic E-state index is -0.213. The Balaban J connectivity index is 2.17. The molecule has 0 radical (unpaired) electrons. The first kappa shape index (κ1) is 13.1. The topological polar surface area (TPSA) is 50.2 Å². The molecule has 1 aliphatic rings. The highest BCUT2D eigenvalue weighted by Crippen LogP contribution is 2.18. The average Bonchev–Trinajstić information content (AvgIpc) is 2.66. The predicted molar refractivity (Wildman–Crippen MR) is 70.6 cm³/mol. The van der Waals surface area contributed by atoms with Crippen molar-refractivity contribution in [3.63, 3.8) is 0 Å². The molecule has 1 fully saturated rings. The molecular formula is C13H22N4O. The summed E-state index contributed by atoms with van der Waals surface area (Å²) in [5.41, 5.74) is 3.27. The Morgan fingerprint density at radius 3 is 2.39 bits per heavy atom. The van der Waals surface area contributed by atoms with Gasteiger partial charge in [0.15, 0.2) is 0 Å². The van der Waals surface area contributed by atoms with Crippen molar-refractivity contribution >= 4 is 5.91 Å². The van der Waals surface area contributed by atoms with Crippen molar-refractivity contribution in [3.05, 3.63) is 17.0 Å². The van der Waals surface area contributed by atoms with Gasteiger partial charge in [0.1, 0.15) is 6.04 Å². The molecule has 1 unspecified atom stereocenters. The lowest BCUT2D eigenvalue weighted by molar-refractivity contribution is -0.135. The molecule has 1 N–H and O–H groups in total. The van der Waals surface area contributed by atoms with E-state index in [0.717, 1.165) is 37.6 Å². The third kappa shape index (κ3) is 2.27. The third-order valence-corrected chi connectivity index (χ3v) is 3.84. The lowest BCUT2D eigenvalue weighted by Crippen LogP contribution is -2.48. The molecular weight excluding hydrogens is 228 g/mol. The van der Waals surface area contributed by atoms with Gasteiger partial charge in [0.2, 0.25) is 5.91 Å². The van der Waals surface area contributed by atoms with E-state index in [2.05, 4.69) is 17.3 Å². The van der Waals surface area contributed by atoms with Gasteiger partial charge in [-0.25, -0.2) is 0 Å². The molecule has 18 heavy (non-hydrogen) atoms. The van der Waals surface area contributed by atoms with Crippen LogP contribution in [0.25, 0.3) is 0 Å². The first-order valence-corrected chi connectivity index (χ1v) is 6.54. The summed E-state index contributed by atoms with van der Waals surface area (Å²) >= 11 is 0. The first-order chi connectivity index (χ1) is 8.52. The van der Waals surface area contributed by atoms with Gasteiger partial charge in [-0.3, -0.25) is 9.48 Å². The van der Waals surface area contributed by atoms with Crippen molar-refractivity contribution in [3.8, 4) is 0 Å². The molecule has 0 aromatic carbocycles. The number of carbonyl (C=O) groups is 1. The number of carbonyl (C=O) groups excluding carboxylic acids is 1. The number of piperazine rings is 1. The number of aromatic nitrogens is 2. The van der Waals surface area contributed by atoms with Gasteiger partial charge in [-0.05, 0) is 33.3 Å². The number of amides is 1. The summed E-state index contributed by atoms with van der Waals surface area (Å²) in [6, 6.07) is -0.213. The molecule has 0 bridgehead atoms. The van der Waals surface area contributed by atoms with Crippen LogP contribution in [0.5, 0.6) is 0 Å². The second-order valence-corrected chi connectivity index (χ2v) is 4.99. The number of aryl methyl sites for hydroxylation is 1. The van der Waals surface area contributed by atoms with Gasteiger partial charge < -0.3 is 10.2 Å². The van der Waals surface area contributed by atoms with E-state index < -0.39 is 0 Å². The molecule has 0 spiro atoms. The summed E-state index contributed by atoms with van der Waals surface area (Å²) in [6.07, 6.45) is 0. The summed E-state index contributed by atoms with van der Waals surface area (Å²) in [5, 5.41) is 7.74. The predicted octanol–water partition coefficient (Wildman–Crippen LogP) is 0.801. The highest BCUT2D eigenvalue weighted by Gasteiger charge is 2.25. The Bertz CT molecular complexity index is 446. The second kappa shape index (κ2) is 5.10. The molecule has 0 aliphatic carbocycles. The van der Waals surface area contributed by atoms with Crippen LogP contribution in [0.3, 0.4) is 0 Å². The SMILES string of the molecule is Cc1nn(C(C)C(=O)N2CCNCC2)c(C)c1C. The molecule has 1 saturated heterocycles. The molecule has 2 rings (SSSR count). The third-order valence-electron chi connectivity index (χ3n) is 3.84. The monoisotopic (exact) mass is 250 g/mol. The van der Waals surface area contributed by atoms with Gasteiger partial charge in [0.05, 0.1) is 5.69 Å². The van der Waals surface area contributed by atoms with Crippen LogP contribution in [0.1, 0.15) is 29.9 Å². The zero-order valence-corrected chi connectivity index (χ0v) is 11.7. The first-order valence-electron chi connectivity index (χ1n) is 6.54. The second-order valence-electron chi connectivity index (χ2n) is 4.99. The molecule has 100 valence electrons. The molecule has 5 heteroatoms. The zero-order valence-electron chi connectivity index (χ0n) is 11.7. The van der Waals surface area contributed by atoms with Crippen molar-refractivity contribution < 1.29 is 4.79 Å². The van der Waals surface area contributed by atoms with Gasteiger partial charge >= 0.3 is 0 Å². The smallest absolute Gasteiger partial charge is 0.247 e. The fourth-order valence-electron chi connectivity index (χ4n) is 2.38. The average molecular weight is 250 g/mol. The summed E-state index contributed by atoms with van der Waals surface area (Å²) in [7, 11) is 0. The van der Waals surface area contributed by atoms with Gasteiger partial charge in [-0.15, -0.1) is 0 Å². The maximum atomic E-state index is 12.4. The fourth-order valence-corrected chi connectivity index (χ4v) is 2.38. The van der Waals surface area contributed by atoms with Crippen LogP contribution >= 0.6 is 0 Å². The van der Waals surface area contributed by atoms with E-state index in [-0.39, 0.29) is 11.9 Å². The maximum absolute atomic E-state index is 12.4. The van der Waals surface area contributed by atoms with Crippen LogP contribution in [-0.4, -0.2) is 46.8 Å². The Hall–Kier alpha value is -1.36. The van der Waals surface area contributed by atoms with Crippen LogP contribution in [0.4, 0.5) is 0 Å². The minimum Gasteiger partial charge on any atom is -0.338 e. The summed E-state index contributed by atoms with van der Waals surface area (Å²) in [6.45, 7) is 11.4. The van der Waals surface area contributed by atoms with Crippen LogP contribution in [-0.2, 0) is 4.79 Å². The van der Waals surface area contributed by atoms with Crippen molar-refractivity contribution in [2.75, 3.05) is 26.2 Å². The van der Waals surface area contributed by atoms with E-state index in [0.29, 0.717) is 0 Å². The van der Waals surface area contributed by atoms with Crippen LogP contribution < -0.4 is 5.32 Å². The van der Waals surface area contributed by atoms with E-state index in [1.807, 2.05) is 30.4 Å². The lowest BCUT2D eigenvalue weighted by atomic mass is 10.2. The molecule has 1 atom stereocenters. The maximum Gasteiger partial charge on any atom is 0.247 e. The van der Waals surface area contributed by atoms with E-state index in [4.69, 9.17) is 0 Å². The molecule has 1 aromatic rings. The summed E-state index contributed by atoms with van der Waals surface area (Å²) < 4.78 is 1.86. The zero-order chi connectivity index (χ0) is 13.3. The largest absolute Gasteiger partial charge is 0.338 e. The van der Waals surface area contributed by atoms with Crippen molar-refractivity contribution in [1.82, 2.24) is 20.0 Å². The van der Waals surface area contributed by atoms with E-state index in [1.165, 1.54) is 5.56 Å². The molecule has 1 aliphatic heterocycles. The standard InChI is InChI=1S/C13H22N4O/c1-9-10(2)15-17(11(9)3)12(4)13(18)16-7-5-14-6-8-16/h12,14H,5-8H2,1-4H3. The van der Waals surface area contributed by atoms with Gasteiger partial charge in [-0.2, -0.15) is 5.10 Å². The quantitative estimate of drug-likeness (QED) is 0.844. The number of hydrogen-bond acceptors (Lipinski definition) is 3. The lowest BCUT2D eigenvalue weighted by Gasteiger charge is -2.30. The molecule has 1 amide bonds.